The van der Waals surface area contributed by atoms with E-state index in [0.29, 0.717) is 0 Å². The Bertz CT molecular complexity index is 502. The molecule has 1 aromatic heterocycles. The fourth-order valence-corrected chi connectivity index (χ4v) is 2.43. The summed E-state index contributed by atoms with van der Waals surface area (Å²) in [5, 5.41) is 6.78. The average Bonchev–Trinajstić information content (AvgIpc) is 2.92. The SMILES string of the molecule is CCc1ccc(C(C)NC(=O)c2ccsc2)cc1. The van der Waals surface area contributed by atoms with Crippen molar-refractivity contribution < 1.29 is 4.79 Å². The fraction of sp³-hybridized carbons (Fsp3) is 0.267. The van der Waals surface area contributed by atoms with Crippen molar-refractivity contribution in [1.82, 2.24) is 5.32 Å². The summed E-state index contributed by atoms with van der Waals surface area (Å²) >= 11 is 1.53. The largest absolute Gasteiger partial charge is 0.345 e. The average molecular weight is 259 g/mol. The van der Waals surface area contributed by atoms with Crippen molar-refractivity contribution in [2.45, 2.75) is 26.3 Å². The fourth-order valence-electron chi connectivity index (χ4n) is 1.80. The van der Waals surface area contributed by atoms with Crippen molar-refractivity contribution in [1.29, 1.82) is 0 Å². The number of rotatable bonds is 4. The molecule has 0 spiro atoms. The number of carbonyl (C=O) groups excluding carboxylic acids is 1. The van der Waals surface area contributed by atoms with Gasteiger partial charge in [0.25, 0.3) is 5.91 Å². The number of hydrogen-bond acceptors (Lipinski definition) is 2. The van der Waals surface area contributed by atoms with Gasteiger partial charge in [-0.3, -0.25) is 4.79 Å². The van der Waals surface area contributed by atoms with Crippen molar-refractivity contribution >= 4 is 17.2 Å². The highest BCUT2D eigenvalue weighted by Gasteiger charge is 2.11. The number of thiophene rings is 1. The Labute approximate surface area is 112 Å². The summed E-state index contributed by atoms with van der Waals surface area (Å²) in [5.74, 6) is -0.0108. The number of aryl methyl sites for hydroxylation is 1. The molecule has 0 saturated carbocycles. The molecule has 1 unspecified atom stereocenters. The van der Waals surface area contributed by atoms with Crippen LogP contribution in [0.5, 0.6) is 0 Å². The molecule has 2 nitrogen and oxygen atoms in total. The van der Waals surface area contributed by atoms with Crippen molar-refractivity contribution in [3.05, 3.63) is 57.8 Å². The minimum Gasteiger partial charge on any atom is -0.345 e. The van der Waals surface area contributed by atoms with Gasteiger partial charge in [-0.2, -0.15) is 11.3 Å². The van der Waals surface area contributed by atoms with Crippen molar-refractivity contribution in [2.75, 3.05) is 0 Å². The zero-order chi connectivity index (χ0) is 13.0. The van der Waals surface area contributed by atoms with Crippen molar-refractivity contribution in [3.8, 4) is 0 Å². The highest BCUT2D eigenvalue weighted by Crippen LogP contribution is 2.15. The van der Waals surface area contributed by atoms with Gasteiger partial charge < -0.3 is 5.32 Å². The highest BCUT2D eigenvalue weighted by atomic mass is 32.1. The van der Waals surface area contributed by atoms with Gasteiger partial charge in [0.05, 0.1) is 11.6 Å². The lowest BCUT2D eigenvalue weighted by Crippen LogP contribution is -2.26. The predicted molar refractivity (Wildman–Crippen MR) is 76.0 cm³/mol. The molecule has 2 rings (SSSR count). The van der Waals surface area contributed by atoms with Gasteiger partial charge in [0.15, 0.2) is 0 Å². The topological polar surface area (TPSA) is 29.1 Å². The molecule has 0 fully saturated rings. The summed E-state index contributed by atoms with van der Waals surface area (Å²) in [6, 6.07) is 10.3. The Morgan fingerprint density at radius 1 is 1.28 bits per heavy atom. The second-order valence-corrected chi connectivity index (χ2v) is 5.08. The summed E-state index contributed by atoms with van der Waals surface area (Å²) in [4.78, 5) is 11.9. The van der Waals surface area contributed by atoms with Crippen LogP contribution in [0.1, 0.15) is 41.4 Å². The van der Waals surface area contributed by atoms with E-state index in [0.717, 1.165) is 17.5 Å². The number of hydrogen-bond donors (Lipinski definition) is 1. The van der Waals surface area contributed by atoms with Crippen LogP contribution in [0.15, 0.2) is 41.1 Å². The zero-order valence-electron chi connectivity index (χ0n) is 10.6. The highest BCUT2D eigenvalue weighted by molar-refractivity contribution is 7.08. The normalized spacial score (nSPS) is 12.1. The number of carbonyl (C=O) groups is 1. The van der Waals surface area contributed by atoms with Crippen LogP contribution < -0.4 is 5.32 Å². The second-order valence-electron chi connectivity index (χ2n) is 4.30. The van der Waals surface area contributed by atoms with Crippen molar-refractivity contribution in [3.63, 3.8) is 0 Å². The first-order chi connectivity index (χ1) is 8.70. The molecule has 0 bridgehead atoms. The van der Waals surface area contributed by atoms with Crippen LogP contribution in [0.2, 0.25) is 0 Å². The van der Waals surface area contributed by atoms with Crippen LogP contribution in [0.25, 0.3) is 0 Å². The maximum absolute atomic E-state index is 11.9. The van der Waals surface area contributed by atoms with E-state index < -0.39 is 0 Å². The maximum atomic E-state index is 11.9. The van der Waals surface area contributed by atoms with E-state index in [1.54, 1.807) is 0 Å². The molecule has 1 amide bonds. The summed E-state index contributed by atoms with van der Waals surface area (Å²) < 4.78 is 0. The molecule has 3 heteroatoms. The van der Waals surface area contributed by atoms with Gasteiger partial charge in [0.2, 0.25) is 0 Å². The second kappa shape index (κ2) is 5.83. The van der Waals surface area contributed by atoms with E-state index >= 15 is 0 Å². The molecule has 1 atom stereocenters. The summed E-state index contributed by atoms with van der Waals surface area (Å²) in [6.45, 7) is 4.14. The van der Waals surface area contributed by atoms with Gasteiger partial charge in [-0.25, -0.2) is 0 Å². The van der Waals surface area contributed by atoms with Crippen LogP contribution in [0, 0.1) is 0 Å². The zero-order valence-corrected chi connectivity index (χ0v) is 11.5. The summed E-state index contributed by atoms with van der Waals surface area (Å²) in [6.07, 6.45) is 1.04. The first kappa shape index (κ1) is 12.8. The molecule has 0 aliphatic heterocycles. The Morgan fingerprint density at radius 2 is 2.00 bits per heavy atom. The molecular formula is C15H17NOS. The monoisotopic (exact) mass is 259 g/mol. The van der Waals surface area contributed by atoms with Gasteiger partial charge in [0, 0.05) is 5.38 Å². The number of amides is 1. The van der Waals surface area contributed by atoms with Gasteiger partial charge in [-0.15, -0.1) is 0 Å². The lowest BCUT2D eigenvalue weighted by Gasteiger charge is -2.14. The first-order valence-corrected chi connectivity index (χ1v) is 7.07. The molecule has 1 aromatic carbocycles. The quantitative estimate of drug-likeness (QED) is 0.889. The van der Waals surface area contributed by atoms with Crippen LogP contribution in [-0.2, 0) is 6.42 Å². The minimum atomic E-state index is -0.0108. The lowest BCUT2D eigenvalue weighted by molar-refractivity contribution is 0.0940. The molecule has 18 heavy (non-hydrogen) atoms. The molecule has 0 saturated heterocycles. The van der Waals surface area contributed by atoms with Gasteiger partial charge >= 0.3 is 0 Å². The van der Waals surface area contributed by atoms with Crippen LogP contribution >= 0.6 is 11.3 Å². The lowest BCUT2D eigenvalue weighted by atomic mass is 10.0. The van der Waals surface area contributed by atoms with E-state index in [1.165, 1.54) is 16.9 Å². The Hall–Kier alpha value is -1.61. The first-order valence-electron chi connectivity index (χ1n) is 6.12. The van der Waals surface area contributed by atoms with Crippen LogP contribution in [0.3, 0.4) is 0 Å². The van der Waals surface area contributed by atoms with E-state index in [9.17, 15) is 4.79 Å². The third-order valence-corrected chi connectivity index (χ3v) is 3.70. The summed E-state index contributed by atoms with van der Waals surface area (Å²) in [5.41, 5.74) is 3.18. The molecule has 1 heterocycles. The van der Waals surface area contributed by atoms with E-state index in [1.807, 2.05) is 23.8 Å². The van der Waals surface area contributed by atoms with E-state index in [4.69, 9.17) is 0 Å². The standard InChI is InChI=1S/C15H17NOS/c1-3-12-4-6-13(7-5-12)11(2)16-15(17)14-8-9-18-10-14/h4-11H,3H2,1-2H3,(H,16,17). The number of benzene rings is 1. The molecule has 94 valence electrons. The maximum Gasteiger partial charge on any atom is 0.252 e. The van der Waals surface area contributed by atoms with Crippen molar-refractivity contribution in [2.24, 2.45) is 0 Å². The van der Waals surface area contributed by atoms with E-state index in [-0.39, 0.29) is 11.9 Å². The molecular weight excluding hydrogens is 242 g/mol. The molecule has 0 aliphatic carbocycles. The van der Waals surface area contributed by atoms with Gasteiger partial charge in [0.1, 0.15) is 0 Å². The van der Waals surface area contributed by atoms with E-state index in [2.05, 4.69) is 36.5 Å². The predicted octanol–water partition coefficient (Wildman–Crippen LogP) is 3.80. The Balaban J connectivity index is 2.02. The molecule has 0 aliphatic rings. The Kier molecular flexibility index (Phi) is 4.15. The number of nitrogens with one attached hydrogen (secondary N) is 1. The third kappa shape index (κ3) is 2.99. The summed E-state index contributed by atoms with van der Waals surface area (Å²) in [7, 11) is 0. The van der Waals surface area contributed by atoms with Gasteiger partial charge in [-0.05, 0) is 35.9 Å². The molecule has 0 radical (unpaired) electrons. The van der Waals surface area contributed by atoms with Crippen LogP contribution in [0.4, 0.5) is 0 Å². The smallest absolute Gasteiger partial charge is 0.252 e. The Morgan fingerprint density at radius 3 is 2.56 bits per heavy atom. The third-order valence-electron chi connectivity index (χ3n) is 3.02. The minimum absolute atomic E-state index is 0.0108. The molecule has 1 N–H and O–H groups in total. The molecule has 2 aromatic rings. The van der Waals surface area contributed by atoms with Gasteiger partial charge in [-0.1, -0.05) is 31.2 Å². The van der Waals surface area contributed by atoms with Crippen LogP contribution in [-0.4, -0.2) is 5.91 Å².